The van der Waals surface area contributed by atoms with E-state index < -0.39 is 0 Å². The van der Waals surface area contributed by atoms with Crippen LogP contribution in [0, 0.1) is 11.8 Å². The second-order valence-electron chi connectivity index (χ2n) is 12.8. The predicted molar refractivity (Wildman–Crippen MR) is 173 cm³/mol. The Balaban J connectivity index is 1.49. The van der Waals surface area contributed by atoms with Gasteiger partial charge in [-0.15, -0.1) is 0 Å². The third kappa shape index (κ3) is 6.10. The number of allylic oxidation sites excluding steroid dienone is 2. The molecule has 2 heterocycles. The summed E-state index contributed by atoms with van der Waals surface area (Å²) in [6, 6.07) is 8.11. The molecule has 2 aromatic carbocycles. The summed E-state index contributed by atoms with van der Waals surface area (Å²) in [4.78, 5) is 26.7. The lowest BCUT2D eigenvalue weighted by Gasteiger charge is -2.24. The molecule has 1 unspecified atom stereocenters. The van der Waals surface area contributed by atoms with E-state index in [1.807, 2.05) is 24.3 Å². The summed E-state index contributed by atoms with van der Waals surface area (Å²) in [7, 11) is 0. The van der Waals surface area contributed by atoms with Crippen molar-refractivity contribution in [1.29, 1.82) is 0 Å². The van der Waals surface area contributed by atoms with Gasteiger partial charge in [0.2, 0.25) is 0 Å². The lowest BCUT2D eigenvalue weighted by molar-refractivity contribution is -0.127. The van der Waals surface area contributed by atoms with Crippen molar-refractivity contribution in [3.8, 4) is 11.5 Å². The summed E-state index contributed by atoms with van der Waals surface area (Å²) in [5, 5.41) is 1.70. The summed E-state index contributed by atoms with van der Waals surface area (Å²) in [6.45, 7) is 9.06. The van der Waals surface area contributed by atoms with Gasteiger partial charge in [-0.25, -0.2) is 9.59 Å². The Morgan fingerprint density at radius 3 is 2.07 bits per heavy atom. The minimum Gasteiger partial charge on any atom is -0.422 e. The number of unbranched alkanes of at least 4 members (excludes halogenated alkanes) is 3. The van der Waals surface area contributed by atoms with Crippen LogP contribution in [-0.2, 0) is 9.59 Å². The molecule has 5 rings (SSSR count). The highest BCUT2D eigenvalue weighted by atomic mass is 16.5. The molecule has 0 spiro atoms. The zero-order chi connectivity index (χ0) is 29.6. The molecule has 0 amide bonds. The van der Waals surface area contributed by atoms with Crippen LogP contribution in [0.15, 0.2) is 35.4 Å². The van der Waals surface area contributed by atoms with E-state index in [-0.39, 0.29) is 11.9 Å². The highest BCUT2D eigenvalue weighted by Gasteiger charge is 2.35. The summed E-state index contributed by atoms with van der Waals surface area (Å²) in [5.41, 5.74) is 5.81. The molecule has 1 fully saturated rings. The lowest BCUT2D eigenvalue weighted by Crippen LogP contribution is -2.13. The van der Waals surface area contributed by atoms with Gasteiger partial charge in [0, 0.05) is 21.9 Å². The number of benzene rings is 2. The fraction of sp³-hybridized carbons (Fsp3) is 0.579. The molecule has 0 bridgehead atoms. The Hall–Kier alpha value is -2.88. The van der Waals surface area contributed by atoms with Crippen molar-refractivity contribution in [2.45, 2.75) is 130 Å². The molecule has 0 aromatic heterocycles. The van der Waals surface area contributed by atoms with Crippen LogP contribution in [0.1, 0.15) is 142 Å². The molecule has 4 nitrogen and oxygen atoms in total. The topological polar surface area (TPSA) is 52.6 Å². The number of esters is 2. The first-order valence-corrected chi connectivity index (χ1v) is 17.0. The number of fused-ring (bicyclic) bond motifs is 5. The monoisotopic (exact) mass is 570 g/mol. The molecule has 1 aliphatic carbocycles. The first-order valence-electron chi connectivity index (χ1n) is 17.0. The van der Waals surface area contributed by atoms with E-state index in [0.29, 0.717) is 11.5 Å². The van der Waals surface area contributed by atoms with Gasteiger partial charge < -0.3 is 9.47 Å². The van der Waals surface area contributed by atoms with Gasteiger partial charge in [0.25, 0.3) is 0 Å². The van der Waals surface area contributed by atoms with E-state index in [1.54, 1.807) is 0 Å². The third-order valence-electron chi connectivity index (χ3n) is 10.1. The largest absolute Gasteiger partial charge is 0.422 e. The van der Waals surface area contributed by atoms with Crippen LogP contribution in [0.25, 0.3) is 21.9 Å². The van der Waals surface area contributed by atoms with E-state index in [2.05, 4.69) is 27.7 Å². The normalized spacial score (nSPS) is 22.0. The molecular weight excluding hydrogens is 520 g/mol. The van der Waals surface area contributed by atoms with Gasteiger partial charge in [0.15, 0.2) is 0 Å². The van der Waals surface area contributed by atoms with Crippen LogP contribution in [0.4, 0.5) is 0 Å². The maximum Gasteiger partial charge on any atom is 0.344 e. The van der Waals surface area contributed by atoms with Gasteiger partial charge in [0.1, 0.15) is 11.5 Å². The Morgan fingerprint density at radius 1 is 0.738 bits per heavy atom. The van der Waals surface area contributed by atoms with Crippen LogP contribution in [0.3, 0.4) is 0 Å². The van der Waals surface area contributed by atoms with Gasteiger partial charge in [-0.3, -0.25) is 0 Å². The molecule has 4 heteroatoms. The zero-order valence-electron chi connectivity index (χ0n) is 26.4. The van der Waals surface area contributed by atoms with Crippen molar-refractivity contribution >= 4 is 33.9 Å². The number of carbonyl (C=O) groups excluding carboxylic acids is 2. The number of hydrogen-bond acceptors (Lipinski definition) is 4. The van der Waals surface area contributed by atoms with Gasteiger partial charge in [0.05, 0.1) is 11.1 Å². The Kier molecular flexibility index (Phi) is 10.2. The number of rotatable bonds is 10. The Morgan fingerprint density at radius 2 is 1.36 bits per heavy atom. The van der Waals surface area contributed by atoms with Gasteiger partial charge in [-0.1, -0.05) is 83.8 Å². The molecule has 226 valence electrons. The summed E-state index contributed by atoms with van der Waals surface area (Å²) in [6.07, 6.45) is 17.9. The quantitative estimate of drug-likeness (QED) is 0.123. The molecule has 2 aliphatic heterocycles. The molecule has 42 heavy (non-hydrogen) atoms. The van der Waals surface area contributed by atoms with Crippen molar-refractivity contribution in [1.82, 2.24) is 0 Å². The maximum atomic E-state index is 13.4. The number of carbonyl (C=O) groups is 2. The molecule has 0 N–H and O–H groups in total. The smallest absolute Gasteiger partial charge is 0.344 e. The summed E-state index contributed by atoms with van der Waals surface area (Å²) in [5.74, 6) is 2.39. The molecule has 1 atom stereocenters. The van der Waals surface area contributed by atoms with Crippen LogP contribution >= 0.6 is 0 Å². The van der Waals surface area contributed by atoms with E-state index in [1.165, 1.54) is 43.3 Å². The molecule has 3 aliphatic rings. The van der Waals surface area contributed by atoms with E-state index in [0.717, 1.165) is 116 Å². The molecular formula is C38H50O4. The summed E-state index contributed by atoms with van der Waals surface area (Å²) < 4.78 is 12.0. The van der Waals surface area contributed by atoms with Crippen molar-refractivity contribution < 1.29 is 19.1 Å². The fourth-order valence-corrected chi connectivity index (χ4v) is 7.76. The minimum atomic E-state index is -0.238. The van der Waals surface area contributed by atoms with Gasteiger partial charge >= 0.3 is 11.9 Å². The zero-order valence-corrected chi connectivity index (χ0v) is 26.4. The van der Waals surface area contributed by atoms with E-state index >= 15 is 0 Å². The van der Waals surface area contributed by atoms with Crippen LogP contribution in [0.5, 0.6) is 11.5 Å². The van der Waals surface area contributed by atoms with Gasteiger partial charge in [-0.2, -0.15) is 0 Å². The first-order chi connectivity index (χ1) is 20.5. The first kappa shape index (κ1) is 30.6. The number of ether oxygens (including phenoxy) is 2. The van der Waals surface area contributed by atoms with Crippen LogP contribution in [0.2, 0.25) is 0 Å². The van der Waals surface area contributed by atoms with Crippen molar-refractivity contribution in [2.75, 3.05) is 0 Å². The highest BCUT2D eigenvalue weighted by Crippen LogP contribution is 2.49. The molecule has 1 saturated carbocycles. The predicted octanol–water partition coefficient (Wildman–Crippen LogP) is 10.8. The summed E-state index contributed by atoms with van der Waals surface area (Å²) >= 11 is 0. The maximum absolute atomic E-state index is 13.4. The third-order valence-corrected chi connectivity index (χ3v) is 10.1. The van der Waals surface area contributed by atoms with E-state index in [4.69, 9.17) is 9.47 Å². The average Bonchev–Trinajstić information content (AvgIpc) is 3.54. The Labute approximate surface area is 252 Å². The van der Waals surface area contributed by atoms with Crippen molar-refractivity contribution in [3.05, 3.63) is 46.5 Å². The van der Waals surface area contributed by atoms with Crippen LogP contribution in [-0.4, -0.2) is 11.9 Å². The fourth-order valence-electron chi connectivity index (χ4n) is 7.76. The van der Waals surface area contributed by atoms with Gasteiger partial charge in [-0.05, 0) is 93.9 Å². The SMILES string of the molecule is CCCCCC(CCCC)=C1C(=O)Oc2c1ccc1c3c(ccc21)C(=C1CCCCC(C(CC)CC)CCC1)C(=O)O3. The molecule has 2 aromatic rings. The second kappa shape index (κ2) is 14.1. The molecule has 0 radical (unpaired) electrons. The van der Waals surface area contributed by atoms with Crippen LogP contribution < -0.4 is 9.47 Å². The number of hydrogen-bond donors (Lipinski definition) is 0. The minimum absolute atomic E-state index is 0.223. The lowest BCUT2D eigenvalue weighted by atomic mass is 9.81. The highest BCUT2D eigenvalue weighted by molar-refractivity contribution is 6.27. The second-order valence-corrected chi connectivity index (χ2v) is 12.8. The van der Waals surface area contributed by atoms with Crippen molar-refractivity contribution in [3.63, 3.8) is 0 Å². The Bertz CT molecular complexity index is 1370. The average molecular weight is 571 g/mol. The standard InChI is InChI=1S/C38H50O4/c1-5-9-11-17-27(15-10-6-2)33-31-23-21-30-29(35(31)41-37(33)39)22-24-32-34(38(40)42-36(30)32)28-18-13-12-16-26(19-14-20-28)25(7-3)8-4/h21-26H,5-20H2,1-4H3. The molecule has 0 saturated heterocycles. The van der Waals surface area contributed by atoms with E-state index in [9.17, 15) is 9.59 Å². The van der Waals surface area contributed by atoms with Crippen molar-refractivity contribution in [2.24, 2.45) is 11.8 Å².